The number of carbonyl (C=O) groups is 2. The molecule has 6 nitrogen and oxygen atoms in total. The van der Waals surface area contributed by atoms with Gasteiger partial charge in [0, 0.05) is 11.8 Å². The quantitative estimate of drug-likeness (QED) is 0.484. The monoisotopic (exact) mass is 346 g/mol. The Bertz CT molecular complexity index is 772. The zero-order chi connectivity index (χ0) is 18.0. The summed E-state index contributed by atoms with van der Waals surface area (Å²) in [6.45, 7) is 5.64. The van der Waals surface area contributed by atoms with Crippen molar-refractivity contribution < 1.29 is 29.6 Å². The number of rotatable bonds is 1. The summed E-state index contributed by atoms with van der Waals surface area (Å²) in [6, 6.07) is 0. The first kappa shape index (κ1) is 15.6. The van der Waals surface area contributed by atoms with Crippen molar-refractivity contribution >= 4 is 11.9 Å². The van der Waals surface area contributed by atoms with Crippen LogP contribution < -0.4 is 0 Å². The second-order valence-corrected chi connectivity index (χ2v) is 8.94. The Morgan fingerprint density at radius 3 is 2.84 bits per heavy atom. The van der Waals surface area contributed by atoms with Gasteiger partial charge in [-0.3, -0.25) is 9.59 Å². The van der Waals surface area contributed by atoms with Crippen LogP contribution in [0.25, 0.3) is 0 Å². The Labute approximate surface area is 145 Å². The Morgan fingerprint density at radius 2 is 2.16 bits per heavy atom. The molecule has 4 aliphatic carbocycles. The molecule has 0 aromatic rings. The minimum absolute atomic E-state index is 0.180. The number of carboxylic acid groups (broad SMARTS) is 1. The van der Waals surface area contributed by atoms with E-state index in [0.29, 0.717) is 31.3 Å². The maximum atomic E-state index is 12.7. The van der Waals surface area contributed by atoms with Crippen LogP contribution in [0.3, 0.4) is 0 Å². The largest absolute Gasteiger partial charge is 0.481 e. The summed E-state index contributed by atoms with van der Waals surface area (Å²) in [7, 11) is 0. The summed E-state index contributed by atoms with van der Waals surface area (Å²) in [5.74, 6) is -3.18. The molecule has 5 aliphatic rings. The predicted octanol–water partition coefficient (Wildman–Crippen LogP) is 1.03. The third kappa shape index (κ3) is 1.36. The lowest BCUT2D eigenvalue weighted by Crippen LogP contribution is -2.50. The molecule has 6 heteroatoms. The minimum atomic E-state index is -1.27. The van der Waals surface area contributed by atoms with Crippen LogP contribution in [-0.4, -0.2) is 44.6 Å². The summed E-state index contributed by atoms with van der Waals surface area (Å²) in [6.07, 6.45) is 4.11. The summed E-state index contributed by atoms with van der Waals surface area (Å²) in [4.78, 5) is 25.1. The number of aliphatic hydroxyl groups excluding tert-OH is 1. The maximum Gasteiger partial charge on any atom is 0.316 e. The van der Waals surface area contributed by atoms with Crippen LogP contribution in [0, 0.1) is 28.6 Å². The zero-order valence-corrected chi connectivity index (χ0v) is 14.1. The van der Waals surface area contributed by atoms with Gasteiger partial charge in [-0.25, -0.2) is 0 Å². The van der Waals surface area contributed by atoms with Crippen molar-refractivity contribution in [2.24, 2.45) is 28.6 Å². The van der Waals surface area contributed by atoms with Gasteiger partial charge in [-0.2, -0.15) is 0 Å². The summed E-state index contributed by atoms with van der Waals surface area (Å²) < 4.78 is 5.87. The highest BCUT2D eigenvalue weighted by Crippen LogP contribution is 2.77. The van der Waals surface area contributed by atoms with Crippen LogP contribution >= 0.6 is 0 Å². The van der Waals surface area contributed by atoms with Gasteiger partial charge in [0.2, 0.25) is 0 Å². The first-order valence-electron chi connectivity index (χ1n) is 8.86. The molecule has 0 aromatic heterocycles. The van der Waals surface area contributed by atoms with E-state index in [1.165, 1.54) is 0 Å². The van der Waals surface area contributed by atoms with Gasteiger partial charge in [0.25, 0.3) is 0 Å². The van der Waals surface area contributed by atoms with Crippen molar-refractivity contribution in [3.63, 3.8) is 0 Å². The van der Waals surface area contributed by atoms with Crippen molar-refractivity contribution in [1.82, 2.24) is 0 Å². The molecule has 4 bridgehead atoms. The summed E-state index contributed by atoms with van der Waals surface area (Å²) in [5, 5.41) is 31.6. The smallest absolute Gasteiger partial charge is 0.316 e. The number of carboxylic acids is 1. The number of ether oxygens (including phenoxy) is 1. The average Bonchev–Trinajstić information content (AvgIpc) is 2.95. The highest BCUT2D eigenvalue weighted by atomic mass is 16.6. The fourth-order valence-corrected chi connectivity index (χ4v) is 7.13. The predicted molar refractivity (Wildman–Crippen MR) is 85.2 cm³/mol. The molecular weight excluding hydrogens is 324 g/mol. The standard InChI is InChI=1S/C19H22O6/c1-9-7-17-8-18(9,24)5-3-10(17)19-6-4-11(20)16(2,15(23)25-19)13(19)12(17)14(21)22/h4,6,10-13,20,24H,1,3,5,7-8H2,2H3,(H,21,22)/t10?,11?,12?,13?,16-,17+,18+,19-/m1/s1. The minimum Gasteiger partial charge on any atom is -0.481 e. The normalized spacial score (nSPS) is 58.0. The number of esters is 1. The van der Waals surface area contributed by atoms with Gasteiger partial charge in [-0.05, 0) is 49.7 Å². The Kier molecular flexibility index (Phi) is 2.50. The molecule has 5 rings (SSSR count). The lowest BCUT2D eigenvalue weighted by Gasteiger charge is -2.44. The molecule has 0 amide bonds. The fourth-order valence-electron chi connectivity index (χ4n) is 7.13. The molecule has 8 atom stereocenters. The molecule has 1 aliphatic heterocycles. The van der Waals surface area contributed by atoms with Crippen LogP contribution in [-0.2, 0) is 14.3 Å². The van der Waals surface area contributed by atoms with E-state index in [1.54, 1.807) is 19.1 Å². The number of hydrogen-bond acceptors (Lipinski definition) is 5. The van der Waals surface area contributed by atoms with E-state index >= 15 is 0 Å². The first-order chi connectivity index (χ1) is 11.6. The molecule has 4 fully saturated rings. The average molecular weight is 346 g/mol. The van der Waals surface area contributed by atoms with Crippen molar-refractivity contribution in [2.45, 2.75) is 49.9 Å². The van der Waals surface area contributed by atoms with Gasteiger partial charge in [-0.15, -0.1) is 0 Å². The number of fused-ring (bicyclic) bond motifs is 1. The van der Waals surface area contributed by atoms with Gasteiger partial charge in [-0.1, -0.05) is 12.7 Å². The Hall–Kier alpha value is -1.66. The molecule has 4 unspecified atom stereocenters. The van der Waals surface area contributed by atoms with Crippen molar-refractivity contribution in [3.8, 4) is 0 Å². The lowest BCUT2D eigenvalue weighted by atomic mass is 9.61. The molecule has 134 valence electrons. The highest BCUT2D eigenvalue weighted by molar-refractivity contribution is 5.86. The van der Waals surface area contributed by atoms with Crippen LogP contribution in [0.15, 0.2) is 24.3 Å². The molecule has 25 heavy (non-hydrogen) atoms. The molecule has 3 saturated carbocycles. The topological polar surface area (TPSA) is 104 Å². The Morgan fingerprint density at radius 1 is 1.44 bits per heavy atom. The molecule has 1 spiro atoms. The van der Waals surface area contributed by atoms with E-state index in [0.717, 1.165) is 0 Å². The van der Waals surface area contributed by atoms with Crippen LogP contribution in [0.4, 0.5) is 0 Å². The number of hydrogen-bond donors (Lipinski definition) is 3. The van der Waals surface area contributed by atoms with E-state index < -0.39 is 51.9 Å². The van der Waals surface area contributed by atoms with Gasteiger partial charge in [0.05, 0.1) is 17.6 Å². The Balaban J connectivity index is 1.78. The fraction of sp³-hybridized carbons (Fsp3) is 0.684. The van der Waals surface area contributed by atoms with Gasteiger partial charge in [0.1, 0.15) is 11.0 Å². The zero-order valence-electron chi connectivity index (χ0n) is 14.1. The maximum absolute atomic E-state index is 12.7. The molecule has 1 saturated heterocycles. The van der Waals surface area contributed by atoms with Gasteiger partial charge in [0.15, 0.2) is 0 Å². The van der Waals surface area contributed by atoms with E-state index in [-0.39, 0.29) is 5.92 Å². The van der Waals surface area contributed by atoms with Crippen molar-refractivity contribution in [2.75, 3.05) is 0 Å². The van der Waals surface area contributed by atoms with Crippen molar-refractivity contribution in [1.29, 1.82) is 0 Å². The van der Waals surface area contributed by atoms with E-state index in [9.17, 15) is 24.9 Å². The third-order valence-electron chi connectivity index (χ3n) is 8.12. The third-order valence-corrected chi connectivity index (χ3v) is 8.12. The van der Waals surface area contributed by atoms with Gasteiger partial charge < -0.3 is 20.1 Å². The number of aliphatic carboxylic acids is 1. The lowest BCUT2D eigenvalue weighted by molar-refractivity contribution is -0.163. The van der Waals surface area contributed by atoms with Crippen LogP contribution in [0.1, 0.15) is 32.6 Å². The second-order valence-electron chi connectivity index (χ2n) is 8.94. The molecule has 0 aromatic carbocycles. The first-order valence-corrected chi connectivity index (χ1v) is 8.86. The number of aliphatic hydroxyl groups is 2. The van der Waals surface area contributed by atoms with E-state index in [1.807, 2.05) is 0 Å². The second kappa shape index (κ2) is 4.01. The van der Waals surface area contributed by atoms with Crippen molar-refractivity contribution in [3.05, 3.63) is 24.3 Å². The molecular formula is C19H22O6. The molecule has 1 heterocycles. The van der Waals surface area contributed by atoms with Gasteiger partial charge >= 0.3 is 11.9 Å². The molecule has 0 radical (unpaired) electrons. The highest BCUT2D eigenvalue weighted by Gasteiger charge is 2.83. The van der Waals surface area contributed by atoms with E-state index in [4.69, 9.17) is 4.74 Å². The number of carbonyl (C=O) groups excluding carboxylic acids is 1. The van der Waals surface area contributed by atoms with E-state index in [2.05, 4.69) is 6.58 Å². The molecule has 3 N–H and O–H groups in total. The summed E-state index contributed by atoms with van der Waals surface area (Å²) in [5.41, 5.74) is -3.29. The van der Waals surface area contributed by atoms with Crippen LogP contribution in [0.2, 0.25) is 0 Å². The SMILES string of the molecule is C=C1C[C@]23C[C@@]1(O)CCC2[C@@]12C=CC(O)[C@@](C)(C(=O)O1)C2C3C(=O)O. The summed E-state index contributed by atoms with van der Waals surface area (Å²) >= 11 is 0. The van der Waals surface area contributed by atoms with Crippen LogP contribution in [0.5, 0.6) is 0 Å².